The van der Waals surface area contributed by atoms with Crippen molar-refractivity contribution in [2.75, 3.05) is 10.6 Å². The van der Waals surface area contributed by atoms with Gasteiger partial charge < -0.3 is 10.6 Å². The monoisotopic (exact) mass is 275 g/mol. The topological polar surface area (TPSA) is 54.0 Å². The van der Waals surface area contributed by atoms with E-state index in [1.54, 1.807) is 12.1 Å². The van der Waals surface area contributed by atoms with Gasteiger partial charge in [0.15, 0.2) is 0 Å². The van der Waals surface area contributed by atoms with E-state index in [2.05, 4.69) is 22.5 Å². The van der Waals surface area contributed by atoms with Crippen LogP contribution in [0, 0.1) is 0 Å². The van der Waals surface area contributed by atoms with Crippen LogP contribution in [0.1, 0.15) is 12.5 Å². The number of halogens is 1. The lowest BCUT2D eigenvalue weighted by Crippen LogP contribution is -2.19. The molecule has 2 N–H and O–H groups in total. The smallest absolute Gasteiger partial charge is 0.308 e. The Labute approximate surface area is 116 Å². The zero-order valence-corrected chi connectivity index (χ0v) is 11.2. The summed E-state index contributed by atoms with van der Waals surface area (Å²) in [6.07, 6.45) is 2.48. The summed E-state index contributed by atoms with van der Waals surface area (Å²) in [7, 11) is 0. The lowest BCUT2D eigenvalue weighted by molar-refractivity contribution is 0.262. The molecular formula is C14H14ClN3O. The van der Waals surface area contributed by atoms with Crippen LogP contribution in [0.5, 0.6) is 0 Å². The Morgan fingerprint density at radius 2 is 1.74 bits per heavy atom. The van der Waals surface area contributed by atoms with Crippen LogP contribution in [0.25, 0.3) is 0 Å². The predicted octanol–water partition coefficient (Wildman–Crippen LogP) is 3.94. The highest BCUT2D eigenvalue weighted by Crippen LogP contribution is 2.12. The van der Waals surface area contributed by atoms with E-state index in [0.717, 1.165) is 12.1 Å². The summed E-state index contributed by atoms with van der Waals surface area (Å²) in [5, 5.41) is 5.81. The van der Waals surface area contributed by atoms with Gasteiger partial charge in [-0.1, -0.05) is 30.7 Å². The van der Waals surface area contributed by atoms with Crippen LogP contribution in [0.2, 0.25) is 5.15 Å². The number of hydrogen-bond donors (Lipinski definition) is 2. The molecular weight excluding hydrogens is 262 g/mol. The van der Waals surface area contributed by atoms with E-state index in [0.29, 0.717) is 10.8 Å². The fourth-order valence-corrected chi connectivity index (χ4v) is 1.68. The molecule has 2 rings (SSSR count). The average molecular weight is 276 g/mol. The van der Waals surface area contributed by atoms with E-state index in [1.165, 1.54) is 11.8 Å². The second-order valence-electron chi connectivity index (χ2n) is 4.00. The molecule has 0 atom stereocenters. The van der Waals surface area contributed by atoms with E-state index in [9.17, 15) is 4.79 Å². The molecule has 0 spiro atoms. The molecule has 2 aromatic rings. The van der Waals surface area contributed by atoms with Crippen molar-refractivity contribution in [3.63, 3.8) is 0 Å². The lowest BCUT2D eigenvalue weighted by atomic mass is 10.1. The van der Waals surface area contributed by atoms with Gasteiger partial charge in [0.25, 0.3) is 0 Å². The SMILES string of the molecule is CCc1ccc(NC(=O)Nc2ccc(Cl)nc2)cc1. The Hall–Kier alpha value is -2.07. The molecule has 1 aromatic heterocycles. The normalized spacial score (nSPS) is 10.0. The number of nitrogens with zero attached hydrogens (tertiary/aromatic N) is 1. The minimum absolute atomic E-state index is 0.312. The number of carbonyl (C=O) groups excluding carboxylic acids is 1. The standard InChI is InChI=1S/C14H14ClN3O/c1-2-10-3-5-11(6-4-10)17-14(19)18-12-7-8-13(15)16-9-12/h3-9H,2H2,1H3,(H2,17,18,19). The quantitative estimate of drug-likeness (QED) is 0.834. The van der Waals surface area contributed by atoms with Gasteiger partial charge in [0.05, 0.1) is 11.9 Å². The summed E-state index contributed by atoms with van der Waals surface area (Å²) in [6, 6.07) is 10.7. The summed E-state index contributed by atoms with van der Waals surface area (Å²) in [5.74, 6) is 0. The lowest BCUT2D eigenvalue weighted by Gasteiger charge is -2.07. The molecule has 98 valence electrons. The molecule has 5 heteroatoms. The van der Waals surface area contributed by atoms with Crippen LogP contribution >= 0.6 is 11.6 Å². The Morgan fingerprint density at radius 3 is 2.32 bits per heavy atom. The second-order valence-corrected chi connectivity index (χ2v) is 4.39. The van der Waals surface area contributed by atoms with Gasteiger partial charge in [-0.15, -0.1) is 0 Å². The van der Waals surface area contributed by atoms with Gasteiger partial charge in [0, 0.05) is 5.69 Å². The van der Waals surface area contributed by atoms with Gasteiger partial charge in [0.2, 0.25) is 0 Å². The number of aryl methyl sites for hydroxylation is 1. The number of carbonyl (C=O) groups is 1. The van der Waals surface area contributed by atoms with Gasteiger partial charge in [-0.05, 0) is 36.2 Å². The minimum atomic E-state index is -0.312. The molecule has 0 aliphatic carbocycles. The molecule has 0 bridgehead atoms. The van der Waals surface area contributed by atoms with Crippen molar-refractivity contribution < 1.29 is 4.79 Å². The van der Waals surface area contributed by atoms with Crippen LogP contribution in [-0.4, -0.2) is 11.0 Å². The van der Waals surface area contributed by atoms with Crippen LogP contribution in [0.4, 0.5) is 16.2 Å². The summed E-state index contributed by atoms with van der Waals surface area (Å²) in [4.78, 5) is 15.6. The number of amides is 2. The minimum Gasteiger partial charge on any atom is -0.308 e. The Morgan fingerprint density at radius 1 is 1.11 bits per heavy atom. The third kappa shape index (κ3) is 3.96. The highest BCUT2D eigenvalue weighted by atomic mass is 35.5. The van der Waals surface area contributed by atoms with Gasteiger partial charge in [-0.3, -0.25) is 0 Å². The molecule has 19 heavy (non-hydrogen) atoms. The highest BCUT2D eigenvalue weighted by Gasteiger charge is 2.02. The average Bonchev–Trinajstić information content (AvgIpc) is 2.42. The number of benzene rings is 1. The van der Waals surface area contributed by atoms with E-state index >= 15 is 0 Å². The summed E-state index contributed by atoms with van der Waals surface area (Å²) >= 11 is 5.67. The number of urea groups is 1. The maximum Gasteiger partial charge on any atom is 0.323 e. The first kappa shape index (κ1) is 13.4. The van der Waals surface area contributed by atoms with Crippen molar-refractivity contribution in [2.45, 2.75) is 13.3 Å². The van der Waals surface area contributed by atoms with Crippen molar-refractivity contribution in [1.29, 1.82) is 0 Å². The zero-order chi connectivity index (χ0) is 13.7. The summed E-state index contributed by atoms with van der Waals surface area (Å²) in [5.41, 5.74) is 2.57. The largest absolute Gasteiger partial charge is 0.323 e. The second kappa shape index (κ2) is 6.20. The number of hydrogen-bond acceptors (Lipinski definition) is 2. The zero-order valence-electron chi connectivity index (χ0n) is 10.5. The third-order valence-corrected chi connectivity index (χ3v) is 2.83. The molecule has 4 nitrogen and oxygen atoms in total. The highest BCUT2D eigenvalue weighted by molar-refractivity contribution is 6.29. The van der Waals surface area contributed by atoms with E-state index in [1.807, 2.05) is 24.3 Å². The van der Waals surface area contributed by atoms with Gasteiger partial charge in [-0.25, -0.2) is 9.78 Å². The van der Waals surface area contributed by atoms with Crippen molar-refractivity contribution in [3.05, 3.63) is 53.3 Å². The molecule has 1 aromatic carbocycles. The van der Waals surface area contributed by atoms with E-state index < -0.39 is 0 Å². The first-order valence-corrected chi connectivity index (χ1v) is 6.33. The fraction of sp³-hybridized carbons (Fsp3) is 0.143. The number of aromatic nitrogens is 1. The third-order valence-electron chi connectivity index (χ3n) is 2.61. The van der Waals surface area contributed by atoms with Crippen LogP contribution in [-0.2, 0) is 6.42 Å². The first-order chi connectivity index (χ1) is 9.17. The van der Waals surface area contributed by atoms with Crippen LogP contribution in [0.15, 0.2) is 42.6 Å². The van der Waals surface area contributed by atoms with E-state index in [-0.39, 0.29) is 6.03 Å². The molecule has 0 unspecified atom stereocenters. The Bertz CT molecular complexity index is 552. The first-order valence-electron chi connectivity index (χ1n) is 5.96. The Kier molecular flexibility index (Phi) is 4.36. The van der Waals surface area contributed by atoms with Crippen molar-refractivity contribution in [3.8, 4) is 0 Å². The van der Waals surface area contributed by atoms with Gasteiger partial charge in [0.1, 0.15) is 5.15 Å². The van der Waals surface area contributed by atoms with Gasteiger partial charge in [-0.2, -0.15) is 0 Å². The molecule has 0 aliphatic rings. The predicted molar refractivity (Wildman–Crippen MR) is 77.7 cm³/mol. The van der Waals surface area contributed by atoms with Crippen LogP contribution < -0.4 is 10.6 Å². The fourth-order valence-electron chi connectivity index (χ4n) is 1.57. The molecule has 0 saturated carbocycles. The number of rotatable bonds is 3. The van der Waals surface area contributed by atoms with Crippen molar-refractivity contribution >= 4 is 29.0 Å². The maximum atomic E-state index is 11.7. The Balaban J connectivity index is 1.95. The number of pyridine rings is 1. The summed E-state index contributed by atoms with van der Waals surface area (Å²) in [6.45, 7) is 2.09. The van der Waals surface area contributed by atoms with Crippen LogP contribution in [0.3, 0.4) is 0 Å². The molecule has 0 fully saturated rings. The van der Waals surface area contributed by atoms with E-state index in [4.69, 9.17) is 11.6 Å². The molecule has 1 heterocycles. The van der Waals surface area contributed by atoms with Crippen molar-refractivity contribution in [2.24, 2.45) is 0 Å². The number of nitrogens with one attached hydrogen (secondary N) is 2. The molecule has 0 saturated heterocycles. The molecule has 0 aliphatic heterocycles. The van der Waals surface area contributed by atoms with Crippen molar-refractivity contribution in [1.82, 2.24) is 4.98 Å². The maximum absolute atomic E-state index is 11.7. The molecule has 0 radical (unpaired) electrons. The molecule has 2 amide bonds. The summed E-state index contributed by atoms with van der Waals surface area (Å²) < 4.78 is 0. The van der Waals surface area contributed by atoms with Gasteiger partial charge >= 0.3 is 6.03 Å². The number of anilines is 2.